The van der Waals surface area contributed by atoms with Crippen molar-refractivity contribution < 1.29 is 22.7 Å². The number of amides is 1. The number of fused-ring (bicyclic) bond motifs is 2. The molecule has 38 heavy (non-hydrogen) atoms. The second-order valence-corrected chi connectivity index (χ2v) is 11.3. The fourth-order valence-corrected chi connectivity index (χ4v) is 6.31. The van der Waals surface area contributed by atoms with Gasteiger partial charge in [0.05, 0.1) is 21.7 Å². The third-order valence-electron chi connectivity index (χ3n) is 5.82. The van der Waals surface area contributed by atoms with Gasteiger partial charge in [0.1, 0.15) is 0 Å². The van der Waals surface area contributed by atoms with Gasteiger partial charge in [-0.3, -0.25) is 14.7 Å². The van der Waals surface area contributed by atoms with Crippen molar-refractivity contribution in [2.24, 2.45) is 0 Å². The molecule has 0 N–H and O–H groups in total. The summed E-state index contributed by atoms with van der Waals surface area (Å²) in [5.41, 5.74) is 1.82. The molecule has 4 aromatic rings. The largest absolute Gasteiger partial charge is 0.454 e. The van der Waals surface area contributed by atoms with Gasteiger partial charge in [-0.05, 0) is 35.9 Å². The molecule has 0 bridgehead atoms. The van der Waals surface area contributed by atoms with Gasteiger partial charge in [0.2, 0.25) is 16.8 Å². The number of nitrogens with zero attached hydrogens (tertiary/aromatic N) is 4. The molecule has 0 fully saturated rings. The van der Waals surface area contributed by atoms with Crippen molar-refractivity contribution in [3.05, 3.63) is 97.4 Å². The summed E-state index contributed by atoms with van der Waals surface area (Å²) in [5.74, 6) is 0.917. The smallest absolute Gasteiger partial charge is 0.260 e. The Kier molecular flexibility index (Phi) is 7.23. The highest BCUT2D eigenvalue weighted by atomic mass is 32.2. The molecule has 1 aliphatic heterocycles. The maximum absolute atomic E-state index is 13.8. The van der Waals surface area contributed by atoms with Crippen molar-refractivity contribution in [1.29, 1.82) is 0 Å². The number of rotatable bonds is 10. The lowest BCUT2D eigenvalue weighted by molar-refractivity contribution is 0.0985. The maximum Gasteiger partial charge on any atom is 0.260 e. The highest BCUT2D eigenvalue weighted by molar-refractivity contribution is 7.89. The maximum atomic E-state index is 13.8. The van der Waals surface area contributed by atoms with Crippen molar-refractivity contribution in [3.8, 4) is 11.5 Å². The van der Waals surface area contributed by atoms with Gasteiger partial charge in [-0.1, -0.05) is 29.6 Å². The molecule has 0 aliphatic carbocycles. The minimum atomic E-state index is -3.79. The predicted octanol–water partition coefficient (Wildman–Crippen LogP) is 4.63. The molecule has 2 aromatic heterocycles. The van der Waals surface area contributed by atoms with E-state index in [4.69, 9.17) is 14.5 Å². The third-order valence-corrected chi connectivity index (χ3v) is 8.70. The fraction of sp³-hybridized carbons (Fsp3) is 0.148. The average Bonchev–Trinajstić information content (AvgIpc) is 3.56. The number of pyridine rings is 1. The molecule has 0 unspecified atom stereocenters. The van der Waals surface area contributed by atoms with Gasteiger partial charge in [0, 0.05) is 43.2 Å². The molecule has 11 heteroatoms. The number of thiazole rings is 1. The van der Waals surface area contributed by atoms with Gasteiger partial charge in [0.15, 0.2) is 16.6 Å². The Morgan fingerprint density at radius 2 is 1.76 bits per heavy atom. The number of benzene rings is 2. The van der Waals surface area contributed by atoms with Crippen LogP contribution in [0.25, 0.3) is 10.2 Å². The molecule has 194 valence electrons. The molecule has 2 aromatic carbocycles. The van der Waals surface area contributed by atoms with E-state index in [1.807, 2.05) is 12.1 Å². The number of hydrogen-bond acceptors (Lipinski definition) is 8. The SMILES string of the molecule is C=CCN(CC=C)S(=O)(=O)c1ccc(C(=O)N(Cc2cccnc2)c2nc3cc4c(cc3s2)OCO4)cc1. The van der Waals surface area contributed by atoms with Crippen LogP contribution in [0.2, 0.25) is 0 Å². The zero-order valence-electron chi connectivity index (χ0n) is 20.3. The van der Waals surface area contributed by atoms with Crippen molar-refractivity contribution in [2.45, 2.75) is 11.4 Å². The number of ether oxygens (including phenoxy) is 2. The first-order valence-electron chi connectivity index (χ1n) is 11.6. The zero-order chi connectivity index (χ0) is 26.7. The van der Waals surface area contributed by atoms with Crippen LogP contribution in [-0.2, 0) is 16.6 Å². The topological polar surface area (TPSA) is 102 Å². The first kappa shape index (κ1) is 25.6. The molecule has 0 spiro atoms. The van der Waals surface area contributed by atoms with Crippen LogP contribution in [0.15, 0.2) is 91.1 Å². The van der Waals surface area contributed by atoms with Crippen LogP contribution in [0.5, 0.6) is 11.5 Å². The minimum absolute atomic E-state index is 0.0751. The van der Waals surface area contributed by atoms with Gasteiger partial charge < -0.3 is 9.47 Å². The van der Waals surface area contributed by atoms with Crippen LogP contribution in [0.4, 0.5) is 5.13 Å². The van der Waals surface area contributed by atoms with E-state index in [1.165, 1.54) is 52.1 Å². The van der Waals surface area contributed by atoms with Crippen molar-refractivity contribution in [3.63, 3.8) is 0 Å². The van der Waals surface area contributed by atoms with Gasteiger partial charge >= 0.3 is 0 Å². The van der Waals surface area contributed by atoms with E-state index in [9.17, 15) is 13.2 Å². The molecule has 5 rings (SSSR count). The quantitative estimate of drug-likeness (QED) is 0.266. The normalized spacial score (nSPS) is 12.6. The van der Waals surface area contributed by atoms with E-state index in [-0.39, 0.29) is 37.2 Å². The summed E-state index contributed by atoms with van der Waals surface area (Å²) in [7, 11) is -3.79. The molecule has 3 heterocycles. The second kappa shape index (κ2) is 10.7. The number of anilines is 1. The summed E-state index contributed by atoms with van der Waals surface area (Å²) in [4.78, 5) is 24.3. The lowest BCUT2D eigenvalue weighted by Gasteiger charge is -2.21. The molecule has 0 radical (unpaired) electrons. The van der Waals surface area contributed by atoms with Gasteiger partial charge in [-0.15, -0.1) is 13.2 Å². The fourth-order valence-electron chi connectivity index (χ4n) is 3.96. The highest BCUT2D eigenvalue weighted by Crippen LogP contribution is 2.40. The summed E-state index contributed by atoms with van der Waals surface area (Å²) >= 11 is 1.35. The number of sulfonamides is 1. The Hall–Kier alpha value is -4.06. The predicted molar refractivity (Wildman–Crippen MR) is 146 cm³/mol. The number of carbonyl (C=O) groups excluding carboxylic acids is 1. The third kappa shape index (κ3) is 5.03. The Labute approximate surface area is 224 Å². The Bertz CT molecular complexity index is 1550. The Morgan fingerprint density at radius 1 is 1.05 bits per heavy atom. The summed E-state index contributed by atoms with van der Waals surface area (Å²) in [5, 5.41) is 0.484. The lowest BCUT2D eigenvalue weighted by Crippen LogP contribution is -2.32. The summed E-state index contributed by atoms with van der Waals surface area (Å²) in [6.45, 7) is 7.94. The summed E-state index contributed by atoms with van der Waals surface area (Å²) < 4.78 is 39.2. The second-order valence-electron chi connectivity index (χ2n) is 8.35. The van der Waals surface area contributed by atoms with Gasteiger partial charge in [-0.25, -0.2) is 13.4 Å². The molecular weight excluding hydrogens is 524 g/mol. The van der Waals surface area contributed by atoms with Gasteiger partial charge in [-0.2, -0.15) is 4.31 Å². The van der Waals surface area contributed by atoms with E-state index in [2.05, 4.69) is 18.1 Å². The molecule has 1 amide bonds. The summed E-state index contributed by atoms with van der Waals surface area (Å²) in [6.07, 6.45) is 6.38. The van der Waals surface area contributed by atoms with Crippen LogP contribution >= 0.6 is 11.3 Å². The molecule has 0 saturated heterocycles. The zero-order valence-corrected chi connectivity index (χ0v) is 22.0. The lowest BCUT2D eigenvalue weighted by atomic mass is 10.2. The highest BCUT2D eigenvalue weighted by Gasteiger charge is 2.26. The van der Waals surface area contributed by atoms with E-state index in [0.29, 0.717) is 27.7 Å². The van der Waals surface area contributed by atoms with E-state index in [1.54, 1.807) is 29.4 Å². The van der Waals surface area contributed by atoms with Crippen molar-refractivity contribution >= 4 is 42.6 Å². The first-order chi connectivity index (χ1) is 18.4. The number of hydrogen-bond donors (Lipinski definition) is 0. The average molecular weight is 549 g/mol. The van der Waals surface area contributed by atoms with Crippen LogP contribution in [0, 0.1) is 0 Å². The van der Waals surface area contributed by atoms with Crippen LogP contribution in [0.1, 0.15) is 15.9 Å². The molecule has 0 atom stereocenters. The first-order valence-corrected chi connectivity index (χ1v) is 13.9. The monoisotopic (exact) mass is 548 g/mol. The van der Waals surface area contributed by atoms with Crippen molar-refractivity contribution in [1.82, 2.24) is 14.3 Å². The van der Waals surface area contributed by atoms with Crippen LogP contribution < -0.4 is 14.4 Å². The Balaban J connectivity index is 1.48. The van der Waals surface area contributed by atoms with Gasteiger partial charge in [0.25, 0.3) is 5.91 Å². The van der Waals surface area contributed by atoms with Crippen LogP contribution in [0.3, 0.4) is 0 Å². The standard InChI is InChI=1S/C27H24N4O5S2/c1-3-12-30(13-4-2)38(33,34)21-9-7-20(8-10-21)26(32)31(17-19-6-5-11-28-16-19)27-29-22-14-23-24(36-18-35-23)15-25(22)37-27/h3-11,14-16H,1-2,12-13,17-18H2. The Morgan fingerprint density at radius 3 is 2.42 bits per heavy atom. The molecule has 0 saturated carbocycles. The molecule has 1 aliphatic rings. The molecular formula is C27H24N4O5S2. The van der Waals surface area contributed by atoms with Crippen LogP contribution in [-0.4, -0.2) is 48.5 Å². The number of carbonyl (C=O) groups is 1. The van der Waals surface area contributed by atoms with E-state index in [0.717, 1.165) is 10.3 Å². The minimum Gasteiger partial charge on any atom is -0.454 e. The number of aromatic nitrogens is 2. The summed E-state index contributed by atoms with van der Waals surface area (Å²) in [6, 6.07) is 13.2. The van der Waals surface area contributed by atoms with E-state index < -0.39 is 10.0 Å². The molecule has 9 nitrogen and oxygen atoms in total. The van der Waals surface area contributed by atoms with Crippen molar-refractivity contribution in [2.75, 3.05) is 24.8 Å². The van der Waals surface area contributed by atoms with E-state index >= 15 is 0 Å².